The molecule has 100 valence electrons. The Morgan fingerprint density at radius 3 is 2.76 bits per heavy atom. The minimum atomic E-state index is -0.626. The lowest BCUT2D eigenvalue weighted by atomic mass is 9.78. The largest absolute Gasteiger partial charge is 0.465 e. The molecule has 0 saturated heterocycles. The summed E-state index contributed by atoms with van der Waals surface area (Å²) in [5, 5.41) is 3.37. The maximum absolute atomic E-state index is 12.2. The van der Waals surface area contributed by atoms with E-state index in [0.717, 1.165) is 38.6 Å². The van der Waals surface area contributed by atoms with Gasteiger partial charge in [-0.15, -0.1) is 0 Å². The van der Waals surface area contributed by atoms with Gasteiger partial charge in [0.05, 0.1) is 12.7 Å². The second kappa shape index (κ2) is 6.97. The van der Waals surface area contributed by atoms with Gasteiger partial charge in [0.2, 0.25) is 0 Å². The van der Waals surface area contributed by atoms with E-state index in [1.54, 1.807) is 7.11 Å². The number of rotatable bonds is 6. The van der Waals surface area contributed by atoms with Gasteiger partial charge in [-0.2, -0.15) is 0 Å². The second-order valence-electron chi connectivity index (χ2n) is 4.59. The number of carbonyl (C=O) groups is 1. The lowest BCUT2D eigenvalue weighted by Gasteiger charge is -2.41. The summed E-state index contributed by atoms with van der Waals surface area (Å²) in [4.78, 5) is 12.2. The number of methoxy groups -OCH3 is 1. The molecular formula is C13H25NO3. The Morgan fingerprint density at radius 1 is 1.41 bits per heavy atom. The van der Waals surface area contributed by atoms with E-state index in [4.69, 9.17) is 9.47 Å². The molecule has 2 atom stereocenters. The van der Waals surface area contributed by atoms with Crippen LogP contribution in [-0.4, -0.2) is 37.9 Å². The summed E-state index contributed by atoms with van der Waals surface area (Å²) in [6.45, 7) is 5.18. The fraction of sp³-hybridized carbons (Fsp3) is 0.923. The lowest BCUT2D eigenvalue weighted by molar-refractivity contribution is -0.160. The molecule has 1 rings (SSSR count). The van der Waals surface area contributed by atoms with Gasteiger partial charge < -0.3 is 9.47 Å². The van der Waals surface area contributed by atoms with E-state index in [9.17, 15) is 4.79 Å². The number of esters is 1. The second-order valence-corrected chi connectivity index (χ2v) is 4.59. The van der Waals surface area contributed by atoms with Gasteiger partial charge in [-0.05, 0) is 32.7 Å². The first-order valence-corrected chi connectivity index (χ1v) is 6.66. The first-order chi connectivity index (χ1) is 8.21. The van der Waals surface area contributed by atoms with Crippen LogP contribution in [0.5, 0.6) is 0 Å². The average molecular weight is 243 g/mol. The predicted molar refractivity (Wildman–Crippen MR) is 66.9 cm³/mol. The van der Waals surface area contributed by atoms with Crippen molar-refractivity contribution in [1.82, 2.24) is 5.32 Å². The Hall–Kier alpha value is -0.610. The molecule has 4 heteroatoms. The minimum Gasteiger partial charge on any atom is -0.465 e. The van der Waals surface area contributed by atoms with Crippen LogP contribution < -0.4 is 5.32 Å². The monoisotopic (exact) mass is 243 g/mol. The van der Waals surface area contributed by atoms with Gasteiger partial charge in [0, 0.05) is 7.11 Å². The van der Waals surface area contributed by atoms with Crippen molar-refractivity contribution in [3.8, 4) is 0 Å². The highest BCUT2D eigenvalue weighted by Gasteiger charge is 2.48. The van der Waals surface area contributed by atoms with Crippen LogP contribution in [0.3, 0.4) is 0 Å². The van der Waals surface area contributed by atoms with Gasteiger partial charge >= 0.3 is 5.97 Å². The fourth-order valence-corrected chi connectivity index (χ4v) is 2.58. The molecule has 1 saturated carbocycles. The van der Waals surface area contributed by atoms with E-state index < -0.39 is 5.54 Å². The van der Waals surface area contributed by atoms with E-state index >= 15 is 0 Å². The van der Waals surface area contributed by atoms with Gasteiger partial charge in [0.15, 0.2) is 0 Å². The van der Waals surface area contributed by atoms with Crippen molar-refractivity contribution in [2.24, 2.45) is 0 Å². The lowest BCUT2D eigenvalue weighted by Crippen LogP contribution is -2.63. The van der Waals surface area contributed by atoms with Crippen LogP contribution in [0.1, 0.15) is 46.0 Å². The van der Waals surface area contributed by atoms with Crippen LogP contribution in [0, 0.1) is 0 Å². The fourth-order valence-electron chi connectivity index (χ4n) is 2.58. The Kier molecular flexibility index (Phi) is 5.92. The zero-order valence-corrected chi connectivity index (χ0v) is 11.3. The van der Waals surface area contributed by atoms with E-state index in [2.05, 4.69) is 12.2 Å². The third-order valence-electron chi connectivity index (χ3n) is 3.45. The topological polar surface area (TPSA) is 47.6 Å². The highest BCUT2D eigenvalue weighted by molar-refractivity contribution is 5.82. The molecule has 0 bridgehead atoms. The van der Waals surface area contributed by atoms with Crippen LogP contribution in [-0.2, 0) is 14.3 Å². The molecular weight excluding hydrogens is 218 g/mol. The number of hydrogen-bond donors (Lipinski definition) is 1. The Balaban J connectivity index is 2.84. The van der Waals surface area contributed by atoms with E-state index in [1.165, 1.54) is 0 Å². The van der Waals surface area contributed by atoms with Crippen molar-refractivity contribution in [2.75, 3.05) is 20.3 Å². The standard InChI is InChI=1S/C13H25NO3/c1-4-10-14-13(12(15)17-5-2)9-7-6-8-11(13)16-3/h11,14H,4-10H2,1-3H3. The highest BCUT2D eigenvalue weighted by Crippen LogP contribution is 2.32. The Morgan fingerprint density at radius 2 is 2.18 bits per heavy atom. The average Bonchev–Trinajstić information content (AvgIpc) is 2.36. The van der Waals surface area contributed by atoms with Crippen LogP contribution in [0.15, 0.2) is 0 Å². The summed E-state index contributed by atoms with van der Waals surface area (Å²) in [5.74, 6) is -0.153. The number of nitrogens with one attached hydrogen (secondary N) is 1. The molecule has 0 amide bonds. The SMILES string of the molecule is CCCNC1(C(=O)OCC)CCCCC1OC. The van der Waals surface area contributed by atoms with Crippen LogP contribution in [0.2, 0.25) is 0 Å². The summed E-state index contributed by atoms with van der Waals surface area (Å²) >= 11 is 0. The summed E-state index contributed by atoms with van der Waals surface area (Å²) in [6.07, 6.45) is 4.83. The Bertz CT molecular complexity index is 245. The molecule has 1 fully saturated rings. The molecule has 1 aliphatic rings. The zero-order valence-electron chi connectivity index (χ0n) is 11.3. The zero-order chi connectivity index (χ0) is 12.7. The summed E-state index contributed by atoms with van der Waals surface area (Å²) < 4.78 is 10.7. The van der Waals surface area contributed by atoms with Crippen molar-refractivity contribution in [3.63, 3.8) is 0 Å². The van der Waals surface area contributed by atoms with E-state index in [-0.39, 0.29) is 12.1 Å². The third kappa shape index (κ3) is 3.19. The summed E-state index contributed by atoms with van der Waals surface area (Å²) in [5.41, 5.74) is -0.626. The quantitative estimate of drug-likeness (QED) is 0.724. The normalized spacial score (nSPS) is 29.0. The molecule has 0 aromatic heterocycles. The molecule has 0 aromatic rings. The molecule has 0 aromatic carbocycles. The van der Waals surface area contributed by atoms with Crippen molar-refractivity contribution in [2.45, 2.75) is 57.6 Å². The third-order valence-corrected chi connectivity index (χ3v) is 3.45. The first-order valence-electron chi connectivity index (χ1n) is 6.66. The molecule has 17 heavy (non-hydrogen) atoms. The van der Waals surface area contributed by atoms with Gasteiger partial charge in [-0.3, -0.25) is 5.32 Å². The van der Waals surface area contributed by atoms with Crippen molar-refractivity contribution >= 4 is 5.97 Å². The van der Waals surface area contributed by atoms with Crippen LogP contribution in [0.25, 0.3) is 0 Å². The smallest absolute Gasteiger partial charge is 0.329 e. The van der Waals surface area contributed by atoms with Crippen molar-refractivity contribution < 1.29 is 14.3 Å². The number of ether oxygens (including phenoxy) is 2. The van der Waals surface area contributed by atoms with Crippen molar-refractivity contribution in [3.05, 3.63) is 0 Å². The van der Waals surface area contributed by atoms with Crippen LogP contribution >= 0.6 is 0 Å². The first kappa shape index (κ1) is 14.5. The summed E-state index contributed by atoms with van der Waals surface area (Å²) in [7, 11) is 1.68. The molecule has 4 nitrogen and oxygen atoms in total. The maximum Gasteiger partial charge on any atom is 0.329 e. The molecule has 1 aliphatic carbocycles. The molecule has 2 unspecified atom stereocenters. The molecule has 0 heterocycles. The number of hydrogen-bond acceptors (Lipinski definition) is 4. The van der Waals surface area contributed by atoms with Gasteiger partial charge in [-0.1, -0.05) is 19.8 Å². The Labute approximate surface area is 104 Å². The van der Waals surface area contributed by atoms with Gasteiger partial charge in [-0.25, -0.2) is 4.79 Å². The van der Waals surface area contributed by atoms with E-state index in [0.29, 0.717) is 6.61 Å². The highest BCUT2D eigenvalue weighted by atomic mass is 16.5. The van der Waals surface area contributed by atoms with E-state index in [1.807, 2.05) is 6.92 Å². The van der Waals surface area contributed by atoms with Gasteiger partial charge in [0.1, 0.15) is 5.54 Å². The van der Waals surface area contributed by atoms with Crippen molar-refractivity contribution in [1.29, 1.82) is 0 Å². The predicted octanol–water partition coefficient (Wildman–Crippen LogP) is 1.88. The molecule has 0 radical (unpaired) electrons. The maximum atomic E-state index is 12.2. The van der Waals surface area contributed by atoms with Crippen LogP contribution in [0.4, 0.5) is 0 Å². The molecule has 0 spiro atoms. The molecule has 0 aliphatic heterocycles. The van der Waals surface area contributed by atoms with Gasteiger partial charge in [0.25, 0.3) is 0 Å². The molecule has 1 N–H and O–H groups in total. The number of carbonyl (C=O) groups excluding carboxylic acids is 1. The minimum absolute atomic E-state index is 0.0677. The summed E-state index contributed by atoms with van der Waals surface area (Å²) in [6, 6.07) is 0.